The fourth-order valence-electron chi connectivity index (χ4n) is 4.42. The van der Waals surface area contributed by atoms with E-state index in [1.807, 2.05) is 41.3 Å². The summed E-state index contributed by atoms with van der Waals surface area (Å²) in [5.41, 5.74) is 2.63. The van der Waals surface area contributed by atoms with E-state index < -0.39 is 0 Å². The highest BCUT2D eigenvalue weighted by molar-refractivity contribution is 5.99. The van der Waals surface area contributed by atoms with Gasteiger partial charge in [-0.15, -0.1) is 0 Å². The maximum Gasteiger partial charge on any atom is 0.254 e. The number of anilines is 1. The summed E-state index contributed by atoms with van der Waals surface area (Å²) in [5, 5.41) is 0. The summed E-state index contributed by atoms with van der Waals surface area (Å²) in [6.45, 7) is 1.48. The van der Waals surface area contributed by atoms with E-state index in [4.69, 9.17) is 4.74 Å². The summed E-state index contributed by atoms with van der Waals surface area (Å²) in [6.07, 6.45) is 5.69. The molecule has 2 heterocycles. The molecule has 0 unspecified atom stereocenters. The van der Waals surface area contributed by atoms with Gasteiger partial charge in [0.15, 0.2) is 0 Å². The fourth-order valence-corrected chi connectivity index (χ4v) is 4.42. The van der Waals surface area contributed by atoms with Crippen molar-refractivity contribution in [2.24, 2.45) is 0 Å². The molecule has 2 aliphatic heterocycles. The number of hydrogen-bond acceptors (Lipinski definition) is 3. The molecule has 5 nitrogen and oxygen atoms in total. The molecule has 2 aliphatic rings. The van der Waals surface area contributed by atoms with Crippen LogP contribution in [-0.4, -0.2) is 36.9 Å². The predicted octanol–water partition coefficient (Wildman–Crippen LogP) is 4.58. The maximum atomic E-state index is 13.5. The van der Waals surface area contributed by atoms with Crippen molar-refractivity contribution in [3.8, 4) is 5.75 Å². The molecule has 0 aliphatic carbocycles. The smallest absolute Gasteiger partial charge is 0.254 e. The summed E-state index contributed by atoms with van der Waals surface area (Å²) in [7, 11) is 1.66. The van der Waals surface area contributed by atoms with Crippen LogP contribution >= 0.6 is 0 Å². The average Bonchev–Trinajstić information content (AvgIpc) is 3.05. The van der Waals surface area contributed by atoms with Crippen LogP contribution < -0.4 is 9.64 Å². The number of carbonyl (C=O) groups is 2. The number of nitrogens with zero attached hydrogens (tertiary/aromatic N) is 2. The highest BCUT2D eigenvalue weighted by Crippen LogP contribution is 2.33. The number of methoxy groups -OCH3 is 1. The highest BCUT2D eigenvalue weighted by atomic mass is 16.5. The molecule has 0 saturated carbocycles. The van der Waals surface area contributed by atoms with Crippen LogP contribution in [0.3, 0.4) is 0 Å². The SMILES string of the molecule is COc1ccc([C@@H]2CCCCCN2C(=O)c2cccc(N3CCCC3=O)c2)cc1. The van der Waals surface area contributed by atoms with Crippen molar-refractivity contribution in [1.29, 1.82) is 0 Å². The Kier molecular flexibility index (Phi) is 5.84. The molecule has 2 aromatic carbocycles. The fraction of sp³-hybridized carbons (Fsp3) is 0.417. The van der Waals surface area contributed by atoms with E-state index in [2.05, 4.69) is 12.1 Å². The molecule has 152 valence electrons. The lowest BCUT2D eigenvalue weighted by molar-refractivity contribution is -0.117. The molecule has 4 rings (SSSR count). The summed E-state index contributed by atoms with van der Waals surface area (Å²) in [4.78, 5) is 29.4. The van der Waals surface area contributed by atoms with Crippen LogP contribution in [0.25, 0.3) is 0 Å². The third kappa shape index (κ3) is 4.14. The van der Waals surface area contributed by atoms with E-state index in [0.717, 1.165) is 62.2 Å². The Morgan fingerprint density at radius 3 is 2.55 bits per heavy atom. The Labute approximate surface area is 172 Å². The van der Waals surface area contributed by atoms with Gasteiger partial charge < -0.3 is 14.5 Å². The monoisotopic (exact) mass is 392 g/mol. The standard InChI is InChI=1S/C24H28N2O3/c1-29-21-13-11-18(12-14-21)22-9-3-2-4-15-26(22)24(28)19-7-5-8-20(17-19)25-16-6-10-23(25)27/h5,7-8,11-14,17,22H,2-4,6,9-10,15-16H2,1H3/t22-/m0/s1. The summed E-state index contributed by atoms with van der Waals surface area (Å²) >= 11 is 0. The van der Waals surface area contributed by atoms with Crippen molar-refractivity contribution >= 4 is 17.5 Å². The molecule has 0 N–H and O–H groups in total. The van der Waals surface area contributed by atoms with Crippen LogP contribution in [0.15, 0.2) is 48.5 Å². The lowest BCUT2D eigenvalue weighted by Gasteiger charge is -2.31. The summed E-state index contributed by atoms with van der Waals surface area (Å²) in [5.74, 6) is 1.00. The van der Waals surface area contributed by atoms with Gasteiger partial charge in [-0.1, -0.05) is 31.0 Å². The third-order valence-corrected chi connectivity index (χ3v) is 5.99. The van der Waals surface area contributed by atoms with Gasteiger partial charge in [0.2, 0.25) is 5.91 Å². The predicted molar refractivity (Wildman–Crippen MR) is 113 cm³/mol. The molecule has 2 fully saturated rings. The minimum absolute atomic E-state index is 0.0428. The summed E-state index contributed by atoms with van der Waals surface area (Å²) < 4.78 is 5.28. The Hall–Kier alpha value is -2.82. The molecular weight excluding hydrogens is 364 g/mol. The number of ether oxygens (including phenoxy) is 1. The molecule has 2 aromatic rings. The number of carbonyl (C=O) groups excluding carboxylic acids is 2. The van der Waals surface area contributed by atoms with Gasteiger partial charge in [-0.2, -0.15) is 0 Å². The minimum Gasteiger partial charge on any atom is -0.497 e. The first-order valence-electron chi connectivity index (χ1n) is 10.5. The molecule has 2 amide bonds. The third-order valence-electron chi connectivity index (χ3n) is 5.99. The molecule has 5 heteroatoms. The first-order chi connectivity index (χ1) is 14.2. The van der Waals surface area contributed by atoms with Gasteiger partial charge in [0.05, 0.1) is 13.2 Å². The Morgan fingerprint density at radius 2 is 1.83 bits per heavy atom. The number of rotatable bonds is 4. The quantitative estimate of drug-likeness (QED) is 0.765. The molecule has 2 saturated heterocycles. The summed E-state index contributed by atoms with van der Waals surface area (Å²) in [6, 6.07) is 15.7. The van der Waals surface area contributed by atoms with E-state index in [9.17, 15) is 9.59 Å². The second kappa shape index (κ2) is 8.68. The van der Waals surface area contributed by atoms with Crippen molar-refractivity contribution in [3.63, 3.8) is 0 Å². The van der Waals surface area contributed by atoms with E-state index in [1.165, 1.54) is 0 Å². The molecule has 29 heavy (non-hydrogen) atoms. The Morgan fingerprint density at radius 1 is 1.00 bits per heavy atom. The lowest BCUT2D eigenvalue weighted by atomic mass is 9.99. The zero-order chi connectivity index (χ0) is 20.2. The van der Waals surface area contributed by atoms with Crippen LogP contribution in [0.2, 0.25) is 0 Å². The second-order valence-corrected chi connectivity index (χ2v) is 7.84. The van der Waals surface area contributed by atoms with Crippen LogP contribution in [-0.2, 0) is 4.79 Å². The van der Waals surface area contributed by atoms with Gasteiger partial charge in [-0.25, -0.2) is 0 Å². The van der Waals surface area contributed by atoms with Crippen LogP contribution in [0.4, 0.5) is 5.69 Å². The average molecular weight is 392 g/mol. The van der Waals surface area contributed by atoms with Gasteiger partial charge in [-0.3, -0.25) is 9.59 Å². The topological polar surface area (TPSA) is 49.9 Å². The zero-order valence-corrected chi connectivity index (χ0v) is 17.0. The van der Waals surface area contributed by atoms with E-state index in [0.29, 0.717) is 12.0 Å². The number of hydrogen-bond donors (Lipinski definition) is 0. The highest BCUT2D eigenvalue weighted by Gasteiger charge is 2.28. The van der Waals surface area contributed by atoms with Gasteiger partial charge in [0, 0.05) is 30.8 Å². The molecule has 1 atom stereocenters. The number of amides is 2. The van der Waals surface area contributed by atoms with Crippen molar-refractivity contribution in [2.75, 3.05) is 25.1 Å². The normalized spacial score (nSPS) is 19.9. The molecule has 0 bridgehead atoms. The second-order valence-electron chi connectivity index (χ2n) is 7.84. The molecule has 0 aromatic heterocycles. The molecule has 0 spiro atoms. The first-order valence-corrected chi connectivity index (χ1v) is 10.5. The van der Waals surface area contributed by atoms with Crippen molar-refractivity contribution in [3.05, 3.63) is 59.7 Å². The number of likely N-dealkylation sites (tertiary alicyclic amines) is 1. The maximum absolute atomic E-state index is 13.5. The van der Waals surface area contributed by atoms with Gasteiger partial charge in [-0.05, 0) is 55.2 Å². The van der Waals surface area contributed by atoms with Crippen molar-refractivity contribution in [1.82, 2.24) is 4.90 Å². The van der Waals surface area contributed by atoms with E-state index in [-0.39, 0.29) is 17.9 Å². The van der Waals surface area contributed by atoms with Gasteiger partial charge in [0.1, 0.15) is 5.75 Å². The molecular formula is C24H28N2O3. The van der Waals surface area contributed by atoms with Crippen LogP contribution in [0.1, 0.15) is 60.5 Å². The van der Waals surface area contributed by atoms with Gasteiger partial charge >= 0.3 is 0 Å². The van der Waals surface area contributed by atoms with E-state index >= 15 is 0 Å². The first kappa shape index (κ1) is 19.5. The van der Waals surface area contributed by atoms with Crippen LogP contribution in [0, 0.1) is 0 Å². The zero-order valence-electron chi connectivity index (χ0n) is 17.0. The number of benzene rings is 2. The largest absolute Gasteiger partial charge is 0.497 e. The Balaban J connectivity index is 1.61. The molecule has 0 radical (unpaired) electrons. The minimum atomic E-state index is 0.0428. The van der Waals surface area contributed by atoms with Crippen LogP contribution in [0.5, 0.6) is 5.75 Å². The van der Waals surface area contributed by atoms with Crippen molar-refractivity contribution in [2.45, 2.75) is 44.6 Å². The Bertz CT molecular complexity index is 878. The van der Waals surface area contributed by atoms with E-state index in [1.54, 1.807) is 12.0 Å². The lowest BCUT2D eigenvalue weighted by Crippen LogP contribution is -2.35. The van der Waals surface area contributed by atoms with Crippen molar-refractivity contribution < 1.29 is 14.3 Å². The van der Waals surface area contributed by atoms with Gasteiger partial charge in [0.25, 0.3) is 5.91 Å².